The molecule has 78 valence electrons. The Morgan fingerprint density at radius 3 is 2.31 bits per heavy atom. The van der Waals surface area contributed by atoms with Gasteiger partial charge in [-0.25, -0.2) is 0 Å². The summed E-state index contributed by atoms with van der Waals surface area (Å²) < 4.78 is 13.5. The summed E-state index contributed by atoms with van der Waals surface area (Å²) in [5, 5.41) is 0. The lowest BCUT2D eigenvalue weighted by Crippen LogP contribution is -2.59. The van der Waals surface area contributed by atoms with E-state index < -0.39 is 8.72 Å². The summed E-state index contributed by atoms with van der Waals surface area (Å²) in [5.74, 6) is 0. The van der Waals surface area contributed by atoms with E-state index in [4.69, 9.17) is 8.85 Å². The van der Waals surface area contributed by atoms with Gasteiger partial charge in [-0.1, -0.05) is 13.3 Å². The van der Waals surface area contributed by atoms with Crippen molar-refractivity contribution in [3.63, 3.8) is 0 Å². The number of nitrogens with zero attached hydrogens (tertiary/aromatic N) is 1. The maximum Gasteiger partial charge on any atom is 0.424 e. The van der Waals surface area contributed by atoms with Crippen LogP contribution in [0.4, 0.5) is 0 Å². The van der Waals surface area contributed by atoms with Crippen molar-refractivity contribution in [3.8, 4) is 0 Å². The molecule has 1 saturated heterocycles. The third kappa shape index (κ3) is 2.31. The van der Waals surface area contributed by atoms with E-state index in [0.29, 0.717) is 6.04 Å². The molecule has 1 fully saturated rings. The number of hydrogen-bond donors (Lipinski definition) is 0. The van der Waals surface area contributed by atoms with Crippen molar-refractivity contribution < 1.29 is 8.85 Å². The van der Waals surface area contributed by atoms with Gasteiger partial charge in [-0.05, 0) is 25.9 Å². The summed E-state index contributed by atoms with van der Waals surface area (Å²) >= 11 is 0. The molecule has 0 aromatic carbocycles. The molecule has 0 spiro atoms. The van der Waals surface area contributed by atoms with Crippen LogP contribution in [0.2, 0.25) is 6.55 Å². The van der Waals surface area contributed by atoms with E-state index in [-0.39, 0.29) is 0 Å². The van der Waals surface area contributed by atoms with Crippen molar-refractivity contribution in [2.45, 2.75) is 38.8 Å². The summed E-state index contributed by atoms with van der Waals surface area (Å²) in [7, 11) is 1.50. The Balaban J connectivity index is 2.65. The van der Waals surface area contributed by atoms with Crippen LogP contribution in [0.3, 0.4) is 0 Å². The van der Waals surface area contributed by atoms with Crippen LogP contribution >= 0.6 is 0 Å². The van der Waals surface area contributed by atoms with Gasteiger partial charge in [0.15, 0.2) is 0 Å². The maximum absolute atomic E-state index is 5.54. The topological polar surface area (TPSA) is 21.7 Å². The first-order chi connectivity index (χ1) is 6.14. The smallest absolute Gasteiger partial charge is 0.386 e. The number of hydrogen-bond acceptors (Lipinski definition) is 3. The number of piperidine rings is 1. The molecule has 1 aliphatic heterocycles. The third-order valence-corrected chi connectivity index (χ3v) is 6.30. The van der Waals surface area contributed by atoms with E-state index in [0.717, 1.165) is 6.54 Å². The van der Waals surface area contributed by atoms with Crippen molar-refractivity contribution in [2.75, 3.05) is 20.8 Å². The molecule has 0 aliphatic carbocycles. The summed E-state index contributed by atoms with van der Waals surface area (Å²) in [6.07, 6.45) is 3.89. The fourth-order valence-corrected chi connectivity index (χ4v) is 4.15. The van der Waals surface area contributed by atoms with Gasteiger partial charge in [-0.2, -0.15) is 0 Å². The fourth-order valence-electron chi connectivity index (χ4n) is 2.02. The van der Waals surface area contributed by atoms with Crippen LogP contribution in [-0.2, 0) is 8.85 Å². The van der Waals surface area contributed by atoms with E-state index in [1.807, 2.05) is 0 Å². The minimum absolute atomic E-state index is 0.616. The van der Waals surface area contributed by atoms with E-state index in [2.05, 4.69) is 18.0 Å². The van der Waals surface area contributed by atoms with Gasteiger partial charge in [0.25, 0.3) is 0 Å². The lowest BCUT2D eigenvalue weighted by molar-refractivity contribution is 0.126. The number of rotatable bonds is 3. The minimum Gasteiger partial charge on any atom is -0.386 e. The lowest BCUT2D eigenvalue weighted by Gasteiger charge is -2.42. The minimum atomic E-state index is -2.03. The Hall–Kier alpha value is 0.0969. The van der Waals surface area contributed by atoms with Crippen molar-refractivity contribution in [2.24, 2.45) is 0 Å². The van der Waals surface area contributed by atoms with Crippen molar-refractivity contribution in [3.05, 3.63) is 0 Å². The molecule has 0 N–H and O–H groups in total. The van der Waals surface area contributed by atoms with Gasteiger partial charge >= 0.3 is 8.72 Å². The van der Waals surface area contributed by atoms with Crippen LogP contribution in [-0.4, -0.2) is 40.1 Å². The SMILES string of the molecule is CO[Si](C)(OC)N1CCCCC1C. The monoisotopic (exact) mass is 203 g/mol. The first-order valence-electron chi connectivity index (χ1n) is 5.01. The molecule has 0 amide bonds. The van der Waals surface area contributed by atoms with Gasteiger partial charge in [0, 0.05) is 20.3 Å². The zero-order valence-corrected chi connectivity index (χ0v) is 10.2. The molecular formula is C9H21NO2Si. The second-order valence-electron chi connectivity index (χ2n) is 3.84. The van der Waals surface area contributed by atoms with Gasteiger partial charge in [-0.15, -0.1) is 0 Å². The van der Waals surface area contributed by atoms with Crippen LogP contribution in [0.15, 0.2) is 0 Å². The highest BCUT2D eigenvalue weighted by Crippen LogP contribution is 2.23. The standard InChI is InChI=1S/C9H21NO2Si/c1-9-7-5-6-8-10(9)13(4,11-2)12-3/h9H,5-8H2,1-4H3. The highest BCUT2D eigenvalue weighted by atomic mass is 28.4. The molecule has 1 aliphatic rings. The molecule has 1 unspecified atom stereocenters. The van der Waals surface area contributed by atoms with E-state index in [1.165, 1.54) is 19.3 Å². The molecule has 0 saturated carbocycles. The first kappa shape index (κ1) is 11.2. The largest absolute Gasteiger partial charge is 0.424 e. The zero-order valence-electron chi connectivity index (χ0n) is 9.17. The average molecular weight is 203 g/mol. The second kappa shape index (κ2) is 4.55. The van der Waals surface area contributed by atoms with Gasteiger partial charge in [0.2, 0.25) is 0 Å². The average Bonchev–Trinajstić information content (AvgIpc) is 2.17. The Labute approximate surface area is 82.3 Å². The van der Waals surface area contributed by atoms with Crippen LogP contribution in [0, 0.1) is 0 Å². The zero-order chi connectivity index (χ0) is 9.90. The van der Waals surface area contributed by atoms with E-state index in [9.17, 15) is 0 Å². The Morgan fingerprint density at radius 2 is 1.85 bits per heavy atom. The normalized spacial score (nSPS) is 26.3. The molecule has 1 atom stereocenters. The lowest BCUT2D eigenvalue weighted by atomic mass is 10.1. The Morgan fingerprint density at radius 1 is 1.23 bits per heavy atom. The van der Waals surface area contributed by atoms with E-state index >= 15 is 0 Å². The summed E-state index contributed by atoms with van der Waals surface area (Å²) in [4.78, 5) is 0. The van der Waals surface area contributed by atoms with Crippen LogP contribution in [0.5, 0.6) is 0 Å². The second-order valence-corrected chi connectivity index (χ2v) is 7.03. The molecule has 1 heterocycles. The highest BCUT2D eigenvalue weighted by Gasteiger charge is 2.41. The summed E-state index contributed by atoms with van der Waals surface area (Å²) in [6, 6.07) is 0.616. The van der Waals surface area contributed by atoms with Crippen LogP contribution < -0.4 is 0 Å². The summed E-state index contributed by atoms with van der Waals surface area (Å²) in [6.45, 7) is 5.52. The quantitative estimate of drug-likeness (QED) is 0.652. The molecule has 0 radical (unpaired) electrons. The molecule has 3 nitrogen and oxygen atoms in total. The molecule has 4 heteroatoms. The van der Waals surface area contributed by atoms with Crippen LogP contribution in [0.25, 0.3) is 0 Å². The van der Waals surface area contributed by atoms with Gasteiger partial charge in [0.1, 0.15) is 0 Å². The van der Waals surface area contributed by atoms with Gasteiger partial charge in [-0.3, -0.25) is 4.57 Å². The fraction of sp³-hybridized carbons (Fsp3) is 1.00. The molecule has 13 heavy (non-hydrogen) atoms. The first-order valence-corrected chi connectivity index (χ1v) is 7.27. The van der Waals surface area contributed by atoms with Crippen molar-refractivity contribution in [1.82, 2.24) is 4.57 Å². The van der Waals surface area contributed by atoms with Crippen molar-refractivity contribution >= 4 is 8.72 Å². The highest BCUT2D eigenvalue weighted by molar-refractivity contribution is 6.63. The Kier molecular flexibility index (Phi) is 3.91. The third-order valence-electron chi connectivity index (χ3n) is 3.08. The molecule has 0 aromatic rings. The molecular weight excluding hydrogens is 182 g/mol. The molecule has 0 bridgehead atoms. The predicted molar refractivity (Wildman–Crippen MR) is 55.7 cm³/mol. The van der Waals surface area contributed by atoms with Gasteiger partial charge < -0.3 is 8.85 Å². The van der Waals surface area contributed by atoms with Gasteiger partial charge in [0.05, 0.1) is 0 Å². The van der Waals surface area contributed by atoms with Crippen molar-refractivity contribution in [1.29, 1.82) is 0 Å². The Bertz CT molecular complexity index is 162. The van der Waals surface area contributed by atoms with E-state index in [1.54, 1.807) is 14.2 Å². The van der Waals surface area contributed by atoms with Crippen LogP contribution in [0.1, 0.15) is 26.2 Å². The maximum atomic E-state index is 5.54. The molecule has 0 aromatic heterocycles. The predicted octanol–water partition coefficient (Wildman–Crippen LogP) is 1.72. The summed E-state index contributed by atoms with van der Waals surface area (Å²) in [5.41, 5.74) is 0. The molecule has 1 rings (SSSR count).